The molecule has 104 valence electrons. The van der Waals surface area contributed by atoms with Crippen molar-refractivity contribution < 1.29 is 14.3 Å². The molecular formula is C12H16N2O3S2. The molecule has 7 heteroatoms. The Kier molecular flexibility index (Phi) is 4.46. The third kappa shape index (κ3) is 2.92. The molecule has 0 aliphatic carbocycles. The van der Waals surface area contributed by atoms with Gasteiger partial charge in [-0.25, -0.2) is 9.78 Å². The molecule has 1 atom stereocenters. The maximum atomic E-state index is 11.9. The average Bonchev–Trinajstić information content (AvgIpc) is 2.92. The Morgan fingerprint density at radius 2 is 2.37 bits per heavy atom. The number of anilines is 1. The number of thiol groups is 1. The van der Waals surface area contributed by atoms with Crippen molar-refractivity contribution in [1.29, 1.82) is 0 Å². The molecule has 1 aromatic rings. The van der Waals surface area contributed by atoms with Gasteiger partial charge in [-0.1, -0.05) is 0 Å². The minimum absolute atomic E-state index is 0.0446. The van der Waals surface area contributed by atoms with Crippen LogP contribution in [0.3, 0.4) is 0 Å². The zero-order valence-electron chi connectivity index (χ0n) is 10.9. The standard InChI is InChI=1S/C12H16N2O3S2/c1-3-17-11(16)10-7(2)19-12(13-10)14-5-8(6-18)4-9(14)15/h8,18H,3-6H2,1-2H3. The van der Waals surface area contributed by atoms with Gasteiger partial charge < -0.3 is 4.74 Å². The number of esters is 1. The van der Waals surface area contributed by atoms with E-state index in [1.165, 1.54) is 11.3 Å². The van der Waals surface area contributed by atoms with Crippen LogP contribution in [0.2, 0.25) is 0 Å². The fourth-order valence-electron chi connectivity index (χ4n) is 1.98. The van der Waals surface area contributed by atoms with E-state index < -0.39 is 5.97 Å². The number of rotatable bonds is 4. The van der Waals surface area contributed by atoms with Gasteiger partial charge in [-0.05, 0) is 25.5 Å². The fraction of sp³-hybridized carbons (Fsp3) is 0.583. The van der Waals surface area contributed by atoms with Crippen molar-refractivity contribution in [3.8, 4) is 0 Å². The molecule has 0 bridgehead atoms. The van der Waals surface area contributed by atoms with Gasteiger partial charge >= 0.3 is 5.97 Å². The topological polar surface area (TPSA) is 59.5 Å². The first-order valence-electron chi connectivity index (χ1n) is 6.12. The number of hydrogen-bond donors (Lipinski definition) is 1. The van der Waals surface area contributed by atoms with E-state index in [0.717, 1.165) is 4.88 Å². The number of aryl methyl sites for hydroxylation is 1. The van der Waals surface area contributed by atoms with Gasteiger partial charge in [0, 0.05) is 17.8 Å². The molecule has 1 aliphatic heterocycles. The highest BCUT2D eigenvalue weighted by Crippen LogP contribution is 2.31. The van der Waals surface area contributed by atoms with Crippen molar-refractivity contribution in [2.45, 2.75) is 20.3 Å². The zero-order valence-corrected chi connectivity index (χ0v) is 12.6. The summed E-state index contributed by atoms with van der Waals surface area (Å²) in [6, 6.07) is 0. The number of carbonyl (C=O) groups excluding carboxylic acids is 2. The molecule has 19 heavy (non-hydrogen) atoms. The number of aromatic nitrogens is 1. The molecule has 2 rings (SSSR count). The minimum atomic E-state index is -0.431. The van der Waals surface area contributed by atoms with Crippen molar-refractivity contribution >= 4 is 41.0 Å². The smallest absolute Gasteiger partial charge is 0.358 e. The monoisotopic (exact) mass is 300 g/mol. The molecule has 0 N–H and O–H groups in total. The number of ether oxygens (including phenoxy) is 1. The molecule has 5 nitrogen and oxygen atoms in total. The predicted octanol–water partition coefficient (Wildman–Crippen LogP) is 1.91. The van der Waals surface area contributed by atoms with E-state index in [4.69, 9.17) is 4.74 Å². The summed E-state index contributed by atoms with van der Waals surface area (Å²) in [6.45, 7) is 4.50. The van der Waals surface area contributed by atoms with Gasteiger partial charge in [-0.15, -0.1) is 11.3 Å². The summed E-state index contributed by atoms with van der Waals surface area (Å²) < 4.78 is 4.94. The number of thiazole rings is 1. The van der Waals surface area contributed by atoms with Crippen LogP contribution in [0.4, 0.5) is 5.13 Å². The van der Waals surface area contributed by atoms with Gasteiger partial charge in [0.15, 0.2) is 10.8 Å². The summed E-state index contributed by atoms with van der Waals surface area (Å²) in [5.41, 5.74) is 0.309. The number of nitrogens with zero attached hydrogens (tertiary/aromatic N) is 2. The van der Waals surface area contributed by atoms with Gasteiger partial charge in [-0.2, -0.15) is 12.6 Å². The van der Waals surface area contributed by atoms with Crippen LogP contribution < -0.4 is 4.90 Å². The lowest BCUT2D eigenvalue weighted by Gasteiger charge is -2.11. The number of amides is 1. The third-order valence-electron chi connectivity index (χ3n) is 2.95. The molecule has 1 aliphatic rings. The molecule has 1 fully saturated rings. The van der Waals surface area contributed by atoms with Crippen LogP contribution in [0.25, 0.3) is 0 Å². The zero-order chi connectivity index (χ0) is 14.0. The molecule has 0 aromatic carbocycles. The van der Waals surface area contributed by atoms with Crippen LogP contribution in [-0.2, 0) is 9.53 Å². The van der Waals surface area contributed by atoms with E-state index >= 15 is 0 Å². The minimum Gasteiger partial charge on any atom is -0.461 e. The van der Waals surface area contributed by atoms with Crippen molar-refractivity contribution in [2.24, 2.45) is 5.92 Å². The van der Waals surface area contributed by atoms with Gasteiger partial charge in [0.1, 0.15) is 0 Å². The van der Waals surface area contributed by atoms with Gasteiger partial charge in [0.05, 0.1) is 6.61 Å². The number of hydrogen-bond acceptors (Lipinski definition) is 6. The Bertz CT molecular complexity index is 501. The van der Waals surface area contributed by atoms with Gasteiger partial charge in [0.2, 0.25) is 5.91 Å². The van der Waals surface area contributed by atoms with Crippen molar-refractivity contribution in [2.75, 3.05) is 23.8 Å². The Hall–Kier alpha value is -1.08. The van der Waals surface area contributed by atoms with Gasteiger partial charge in [0.25, 0.3) is 0 Å². The summed E-state index contributed by atoms with van der Waals surface area (Å²) in [4.78, 5) is 30.3. The highest BCUT2D eigenvalue weighted by Gasteiger charge is 2.32. The Labute approximate surface area is 121 Å². The van der Waals surface area contributed by atoms with E-state index in [1.807, 2.05) is 6.92 Å². The average molecular weight is 300 g/mol. The Balaban J connectivity index is 2.20. The second kappa shape index (κ2) is 5.92. The molecule has 0 radical (unpaired) electrons. The second-order valence-electron chi connectivity index (χ2n) is 4.38. The largest absolute Gasteiger partial charge is 0.461 e. The lowest BCUT2D eigenvalue weighted by atomic mass is 10.1. The maximum Gasteiger partial charge on any atom is 0.358 e. The van der Waals surface area contributed by atoms with E-state index in [0.29, 0.717) is 36.2 Å². The molecule has 1 saturated heterocycles. The quantitative estimate of drug-likeness (QED) is 0.681. The van der Waals surface area contributed by atoms with Crippen LogP contribution in [-0.4, -0.2) is 35.8 Å². The summed E-state index contributed by atoms with van der Waals surface area (Å²) in [6.07, 6.45) is 0.497. The van der Waals surface area contributed by atoms with E-state index in [2.05, 4.69) is 17.6 Å². The first kappa shape index (κ1) is 14.3. The molecule has 0 spiro atoms. The predicted molar refractivity (Wildman–Crippen MR) is 77.1 cm³/mol. The molecule has 1 amide bonds. The van der Waals surface area contributed by atoms with Crippen LogP contribution in [0.15, 0.2) is 0 Å². The van der Waals surface area contributed by atoms with E-state index in [1.54, 1.807) is 11.8 Å². The summed E-state index contributed by atoms with van der Waals surface area (Å²) in [5, 5.41) is 0.579. The lowest BCUT2D eigenvalue weighted by molar-refractivity contribution is -0.117. The molecule has 1 unspecified atom stereocenters. The second-order valence-corrected chi connectivity index (χ2v) is 5.93. The Morgan fingerprint density at radius 3 is 2.95 bits per heavy atom. The van der Waals surface area contributed by atoms with Crippen molar-refractivity contribution in [3.05, 3.63) is 10.6 Å². The van der Waals surface area contributed by atoms with Crippen LogP contribution in [0.5, 0.6) is 0 Å². The molecule has 0 saturated carbocycles. The van der Waals surface area contributed by atoms with Crippen LogP contribution >= 0.6 is 24.0 Å². The number of carbonyl (C=O) groups is 2. The first-order valence-corrected chi connectivity index (χ1v) is 7.57. The summed E-state index contributed by atoms with van der Waals surface area (Å²) in [7, 11) is 0. The highest BCUT2D eigenvalue weighted by atomic mass is 32.1. The van der Waals surface area contributed by atoms with Gasteiger partial charge in [-0.3, -0.25) is 9.69 Å². The maximum absolute atomic E-state index is 11.9. The normalized spacial score (nSPS) is 19.0. The fourth-order valence-corrected chi connectivity index (χ4v) is 3.14. The summed E-state index contributed by atoms with van der Waals surface area (Å²) in [5.74, 6) is 0.548. The third-order valence-corrected chi connectivity index (χ3v) is 4.46. The molecule has 2 heterocycles. The Morgan fingerprint density at radius 1 is 1.63 bits per heavy atom. The summed E-state index contributed by atoms with van der Waals surface area (Å²) >= 11 is 5.58. The van der Waals surface area contributed by atoms with Crippen LogP contribution in [0, 0.1) is 12.8 Å². The van der Waals surface area contributed by atoms with Crippen molar-refractivity contribution in [3.63, 3.8) is 0 Å². The highest BCUT2D eigenvalue weighted by molar-refractivity contribution is 7.80. The van der Waals surface area contributed by atoms with E-state index in [9.17, 15) is 9.59 Å². The molecule has 1 aromatic heterocycles. The first-order chi connectivity index (χ1) is 9.06. The molecular weight excluding hydrogens is 284 g/mol. The van der Waals surface area contributed by atoms with E-state index in [-0.39, 0.29) is 11.8 Å². The SMILES string of the molecule is CCOC(=O)c1nc(N2CC(CS)CC2=O)sc1C. The lowest BCUT2D eigenvalue weighted by Crippen LogP contribution is -2.24. The van der Waals surface area contributed by atoms with Crippen LogP contribution in [0.1, 0.15) is 28.7 Å². The van der Waals surface area contributed by atoms with Crippen molar-refractivity contribution in [1.82, 2.24) is 4.98 Å².